The lowest BCUT2D eigenvalue weighted by Gasteiger charge is -2.30. The molecule has 3 aliphatic rings. The number of halogens is 3. The van der Waals surface area contributed by atoms with Crippen LogP contribution in [0.4, 0.5) is 13.2 Å². The highest BCUT2D eigenvalue weighted by Gasteiger charge is 2.46. The van der Waals surface area contributed by atoms with Crippen LogP contribution in [0.15, 0.2) is 36.4 Å². The number of alkyl halides is 3. The van der Waals surface area contributed by atoms with Crippen molar-refractivity contribution < 1.29 is 32.2 Å². The third-order valence-electron chi connectivity index (χ3n) is 5.16. The number of fused-ring (bicyclic) bond motifs is 3. The van der Waals surface area contributed by atoms with Gasteiger partial charge in [0, 0.05) is 32.4 Å². The summed E-state index contributed by atoms with van der Waals surface area (Å²) in [5.74, 6) is -2.07. The first-order valence-corrected chi connectivity index (χ1v) is 8.83. The van der Waals surface area contributed by atoms with E-state index >= 15 is 0 Å². The van der Waals surface area contributed by atoms with Crippen molar-refractivity contribution in [2.45, 2.75) is 44.2 Å². The minimum atomic E-state index is -4.95. The van der Waals surface area contributed by atoms with Gasteiger partial charge in [0.1, 0.15) is 0 Å². The maximum Gasteiger partial charge on any atom is 0.471 e. The normalized spacial score (nSPS) is 21.6. The highest BCUT2D eigenvalue weighted by Crippen LogP contribution is 2.47. The smallest absolute Gasteiger partial charge is 0.449 e. The molecule has 0 radical (unpaired) electrons. The molecule has 2 aliphatic heterocycles. The highest BCUT2D eigenvalue weighted by atomic mass is 19.4. The van der Waals surface area contributed by atoms with Crippen LogP contribution in [0.3, 0.4) is 0 Å². The third-order valence-corrected chi connectivity index (χ3v) is 5.16. The molecule has 0 unspecified atom stereocenters. The Morgan fingerprint density at radius 2 is 1.71 bits per heavy atom. The molecule has 0 bridgehead atoms. The average molecular weight is 393 g/mol. The number of hydrogen-bond acceptors (Lipinski definition) is 4. The summed E-state index contributed by atoms with van der Waals surface area (Å²) in [6.07, 6.45) is 1.43. The van der Waals surface area contributed by atoms with Crippen LogP contribution in [-0.2, 0) is 21.5 Å². The minimum absolute atomic E-state index is 0.103. The zero-order valence-electron chi connectivity index (χ0n) is 15.3. The van der Waals surface area contributed by atoms with Crippen molar-refractivity contribution in [3.63, 3.8) is 0 Å². The second kappa shape index (κ2) is 5.86. The van der Waals surface area contributed by atoms with Gasteiger partial charge in [0.15, 0.2) is 17.3 Å². The van der Waals surface area contributed by atoms with Gasteiger partial charge in [-0.1, -0.05) is 12.2 Å². The Hall–Kier alpha value is -2.77. The van der Waals surface area contributed by atoms with E-state index in [0.717, 1.165) is 4.90 Å². The van der Waals surface area contributed by atoms with E-state index in [2.05, 4.69) is 0 Å². The lowest BCUT2D eigenvalue weighted by Crippen LogP contribution is -2.41. The number of amides is 1. The highest BCUT2D eigenvalue weighted by molar-refractivity contribution is 6.00. The van der Waals surface area contributed by atoms with Crippen molar-refractivity contribution in [2.24, 2.45) is 0 Å². The molecule has 148 valence electrons. The standard InChI is InChI=1S/C20H18F3NO4/c1-18(2)27-15-9-12-11-24(17(26)20(21,22)23)8-7-19(5-3-13(25)4-6-19)14(12)10-16(15)28-18/h3-6,9-10H,7-8,11H2,1-2H3. The number of hydrogen-bond donors (Lipinski definition) is 0. The van der Waals surface area contributed by atoms with E-state index in [0.29, 0.717) is 22.6 Å². The summed E-state index contributed by atoms with van der Waals surface area (Å²) in [7, 11) is 0. The molecule has 1 spiro atoms. The molecule has 0 N–H and O–H groups in total. The first kappa shape index (κ1) is 18.6. The second-order valence-electron chi connectivity index (χ2n) is 7.64. The van der Waals surface area contributed by atoms with Crippen LogP contribution in [0.25, 0.3) is 0 Å². The third kappa shape index (κ3) is 3.06. The van der Waals surface area contributed by atoms with Gasteiger partial charge < -0.3 is 14.4 Å². The SMILES string of the molecule is CC1(C)Oc2cc3c(cc2O1)C1(C=CC(=O)C=C1)CCN(C(=O)C(F)(F)F)C3. The van der Waals surface area contributed by atoms with Gasteiger partial charge >= 0.3 is 12.1 Å². The van der Waals surface area contributed by atoms with Crippen LogP contribution in [0.1, 0.15) is 31.4 Å². The van der Waals surface area contributed by atoms with Gasteiger partial charge in [-0.05, 0) is 41.8 Å². The molecule has 1 aliphatic carbocycles. The van der Waals surface area contributed by atoms with Gasteiger partial charge in [0.2, 0.25) is 5.79 Å². The number of nitrogens with zero attached hydrogens (tertiary/aromatic N) is 1. The zero-order chi connectivity index (χ0) is 20.3. The van der Waals surface area contributed by atoms with E-state index in [-0.39, 0.29) is 25.3 Å². The summed E-state index contributed by atoms with van der Waals surface area (Å²) in [5.41, 5.74) is 0.429. The van der Waals surface area contributed by atoms with E-state index in [1.165, 1.54) is 12.2 Å². The van der Waals surface area contributed by atoms with E-state index in [4.69, 9.17) is 9.47 Å². The van der Waals surface area contributed by atoms with Crippen molar-refractivity contribution in [1.29, 1.82) is 0 Å². The molecule has 0 fully saturated rings. The first-order valence-electron chi connectivity index (χ1n) is 8.83. The Morgan fingerprint density at radius 3 is 2.32 bits per heavy atom. The molecule has 1 aromatic carbocycles. The molecule has 1 aromatic rings. The maximum atomic E-state index is 13.0. The van der Waals surface area contributed by atoms with Gasteiger partial charge in [-0.15, -0.1) is 0 Å². The van der Waals surface area contributed by atoms with Crippen LogP contribution < -0.4 is 9.47 Å². The van der Waals surface area contributed by atoms with Crippen molar-refractivity contribution in [3.8, 4) is 11.5 Å². The Kier molecular flexibility index (Phi) is 3.89. The number of allylic oxidation sites excluding steroid dienone is 4. The quantitative estimate of drug-likeness (QED) is 0.678. The molecule has 0 saturated heterocycles. The maximum absolute atomic E-state index is 13.0. The molecule has 2 heterocycles. The summed E-state index contributed by atoms with van der Waals surface area (Å²) >= 11 is 0. The Balaban J connectivity index is 1.83. The molecule has 1 amide bonds. The Morgan fingerprint density at radius 1 is 1.11 bits per heavy atom. The van der Waals surface area contributed by atoms with Crippen LogP contribution >= 0.6 is 0 Å². The minimum Gasteiger partial charge on any atom is -0.449 e. The average Bonchev–Trinajstić information content (AvgIpc) is 2.82. The predicted molar refractivity (Wildman–Crippen MR) is 92.8 cm³/mol. The van der Waals surface area contributed by atoms with E-state index < -0.39 is 23.3 Å². The molecule has 0 atom stereocenters. The molecule has 4 rings (SSSR count). The largest absolute Gasteiger partial charge is 0.471 e. The Labute approximate surface area is 159 Å². The molecular weight excluding hydrogens is 375 g/mol. The number of ketones is 1. The van der Waals surface area contributed by atoms with Crippen molar-refractivity contribution in [3.05, 3.63) is 47.6 Å². The monoisotopic (exact) mass is 393 g/mol. The van der Waals surface area contributed by atoms with Gasteiger partial charge in [0.05, 0.1) is 0 Å². The fourth-order valence-electron chi connectivity index (χ4n) is 3.89. The van der Waals surface area contributed by atoms with Crippen LogP contribution in [0.5, 0.6) is 11.5 Å². The molecule has 0 saturated carbocycles. The van der Waals surface area contributed by atoms with Crippen LogP contribution in [0, 0.1) is 0 Å². The van der Waals surface area contributed by atoms with Crippen LogP contribution in [-0.4, -0.2) is 35.1 Å². The van der Waals surface area contributed by atoms with Gasteiger partial charge in [-0.3, -0.25) is 9.59 Å². The number of ether oxygens (including phenoxy) is 2. The summed E-state index contributed by atoms with van der Waals surface area (Å²) in [6, 6.07) is 3.37. The van der Waals surface area contributed by atoms with Gasteiger partial charge in [0.25, 0.3) is 0 Å². The molecule has 5 nitrogen and oxygen atoms in total. The van der Waals surface area contributed by atoms with Crippen molar-refractivity contribution in [1.82, 2.24) is 4.90 Å². The van der Waals surface area contributed by atoms with Crippen molar-refractivity contribution in [2.75, 3.05) is 6.54 Å². The van der Waals surface area contributed by atoms with E-state index in [9.17, 15) is 22.8 Å². The Bertz CT molecular complexity index is 914. The summed E-state index contributed by atoms with van der Waals surface area (Å²) in [5, 5.41) is 0. The fourth-order valence-corrected chi connectivity index (χ4v) is 3.89. The summed E-state index contributed by atoms with van der Waals surface area (Å²) < 4.78 is 50.6. The lowest BCUT2D eigenvalue weighted by atomic mass is 9.73. The van der Waals surface area contributed by atoms with Crippen molar-refractivity contribution >= 4 is 11.7 Å². The predicted octanol–water partition coefficient (Wildman–Crippen LogP) is 3.42. The van der Waals surface area contributed by atoms with E-state index in [1.54, 1.807) is 38.1 Å². The molecular formula is C20H18F3NO4. The van der Waals surface area contributed by atoms with Gasteiger partial charge in [-0.2, -0.15) is 13.2 Å². The number of benzene rings is 1. The summed E-state index contributed by atoms with van der Waals surface area (Å²) in [6.45, 7) is 3.15. The topological polar surface area (TPSA) is 55.8 Å². The molecule has 8 heteroatoms. The molecule has 0 aromatic heterocycles. The number of carbonyl (C=O) groups is 2. The number of carbonyl (C=O) groups excluding carboxylic acids is 2. The van der Waals surface area contributed by atoms with Gasteiger partial charge in [-0.25, -0.2) is 0 Å². The first-order chi connectivity index (χ1) is 13.0. The lowest BCUT2D eigenvalue weighted by molar-refractivity contribution is -0.186. The molecule has 28 heavy (non-hydrogen) atoms. The second-order valence-corrected chi connectivity index (χ2v) is 7.64. The van der Waals surface area contributed by atoms with E-state index in [1.807, 2.05) is 0 Å². The number of rotatable bonds is 0. The fraction of sp³-hybridized carbons (Fsp3) is 0.400. The zero-order valence-corrected chi connectivity index (χ0v) is 15.3. The summed E-state index contributed by atoms with van der Waals surface area (Å²) in [4.78, 5) is 24.3. The van der Waals surface area contributed by atoms with Crippen LogP contribution in [0.2, 0.25) is 0 Å².